The number of aromatic nitrogens is 1. The summed E-state index contributed by atoms with van der Waals surface area (Å²) in [5.74, 6) is -0.150. The molecule has 2 aromatic carbocycles. The number of carbonyl (C=O) groups is 1. The van der Waals surface area contributed by atoms with Gasteiger partial charge in [0.05, 0.1) is 30.2 Å². The topological polar surface area (TPSA) is 77.9 Å². The molecule has 0 aliphatic carbocycles. The van der Waals surface area contributed by atoms with Gasteiger partial charge in [0.25, 0.3) is 5.91 Å². The Kier molecular flexibility index (Phi) is 7.83. The van der Waals surface area contributed by atoms with E-state index in [9.17, 15) is 9.90 Å². The van der Waals surface area contributed by atoms with E-state index in [4.69, 9.17) is 4.74 Å². The van der Waals surface area contributed by atoms with Gasteiger partial charge in [0.2, 0.25) is 0 Å². The van der Waals surface area contributed by atoms with E-state index < -0.39 is 5.60 Å². The molecule has 2 aliphatic rings. The number of nitrogens with one attached hydrogen (secondary N) is 1. The Labute approximate surface area is 228 Å². The van der Waals surface area contributed by atoms with Gasteiger partial charge in [-0.1, -0.05) is 18.2 Å². The molecule has 1 aromatic heterocycles. The molecule has 0 radical (unpaired) electrons. The number of hydrogen-bond acceptors (Lipinski definition) is 7. The first kappa shape index (κ1) is 26.4. The van der Waals surface area contributed by atoms with E-state index in [0.717, 1.165) is 58.4 Å². The van der Waals surface area contributed by atoms with Crippen molar-refractivity contribution in [2.75, 3.05) is 43.1 Å². The second kappa shape index (κ2) is 11.3. The average molecular weight is 533 g/mol. The highest BCUT2D eigenvalue weighted by Crippen LogP contribution is 2.27. The molecule has 0 spiro atoms. The van der Waals surface area contributed by atoms with Crippen LogP contribution in [0.1, 0.15) is 44.0 Å². The molecule has 200 valence electrons. The largest absolute Gasteiger partial charge is 0.390 e. The Morgan fingerprint density at radius 1 is 1.21 bits per heavy atom. The summed E-state index contributed by atoms with van der Waals surface area (Å²) in [7, 11) is 0. The highest BCUT2D eigenvalue weighted by molar-refractivity contribution is 7.13. The number of morpholine rings is 1. The van der Waals surface area contributed by atoms with Gasteiger partial charge in [0, 0.05) is 54.6 Å². The third kappa shape index (κ3) is 6.26. The van der Waals surface area contributed by atoms with E-state index in [-0.39, 0.29) is 5.91 Å². The molecular weight excluding hydrogens is 496 g/mol. The summed E-state index contributed by atoms with van der Waals surface area (Å²) in [4.78, 5) is 22.5. The lowest BCUT2D eigenvalue weighted by atomic mass is 10.0. The third-order valence-corrected chi connectivity index (χ3v) is 7.96. The van der Waals surface area contributed by atoms with Crippen LogP contribution in [0.4, 0.5) is 11.4 Å². The number of aliphatic hydroxyl groups is 1. The van der Waals surface area contributed by atoms with E-state index in [2.05, 4.69) is 51.4 Å². The maximum absolute atomic E-state index is 13.5. The maximum atomic E-state index is 13.5. The molecule has 2 aliphatic heterocycles. The zero-order chi connectivity index (χ0) is 26.7. The molecule has 1 atom stereocenters. The summed E-state index contributed by atoms with van der Waals surface area (Å²) in [6.45, 7) is 9.55. The van der Waals surface area contributed by atoms with Crippen molar-refractivity contribution in [1.29, 1.82) is 0 Å². The lowest BCUT2D eigenvalue weighted by molar-refractivity contribution is 0.0617. The molecule has 3 aromatic rings. The number of fused-ring (bicyclic) bond motifs is 1. The van der Waals surface area contributed by atoms with Crippen LogP contribution in [0.25, 0.3) is 22.8 Å². The van der Waals surface area contributed by atoms with Gasteiger partial charge < -0.3 is 25.0 Å². The molecule has 1 fully saturated rings. The van der Waals surface area contributed by atoms with Gasteiger partial charge >= 0.3 is 0 Å². The average Bonchev–Trinajstić information content (AvgIpc) is 3.40. The van der Waals surface area contributed by atoms with Crippen molar-refractivity contribution in [3.63, 3.8) is 0 Å². The van der Waals surface area contributed by atoms with Crippen LogP contribution in [0, 0.1) is 0 Å². The van der Waals surface area contributed by atoms with Gasteiger partial charge in [0.15, 0.2) is 0 Å². The van der Waals surface area contributed by atoms with Crippen molar-refractivity contribution in [2.24, 2.45) is 0 Å². The molecule has 1 unspecified atom stereocenters. The van der Waals surface area contributed by atoms with Gasteiger partial charge in [-0.05, 0) is 68.3 Å². The van der Waals surface area contributed by atoms with Gasteiger partial charge in [-0.3, -0.25) is 4.79 Å². The van der Waals surface area contributed by atoms with Crippen LogP contribution in [0.2, 0.25) is 0 Å². The summed E-state index contributed by atoms with van der Waals surface area (Å²) in [5, 5.41) is 18.6. The molecule has 8 heteroatoms. The molecule has 0 saturated carbocycles. The highest BCUT2D eigenvalue weighted by Gasteiger charge is 2.21. The fourth-order valence-electron chi connectivity index (χ4n) is 4.86. The van der Waals surface area contributed by atoms with E-state index >= 15 is 0 Å². The van der Waals surface area contributed by atoms with Crippen LogP contribution in [0.15, 0.2) is 48.0 Å². The van der Waals surface area contributed by atoms with Crippen molar-refractivity contribution < 1.29 is 14.6 Å². The van der Waals surface area contributed by atoms with Gasteiger partial charge in [-0.2, -0.15) is 0 Å². The minimum atomic E-state index is -0.723. The number of amides is 1. The normalized spacial score (nSPS) is 17.7. The number of anilines is 2. The molecule has 0 bridgehead atoms. The Morgan fingerprint density at radius 3 is 2.76 bits per heavy atom. The summed E-state index contributed by atoms with van der Waals surface area (Å²) in [6, 6.07) is 12.2. The van der Waals surface area contributed by atoms with Crippen LogP contribution in [-0.2, 0) is 4.74 Å². The number of rotatable bonds is 7. The Balaban J connectivity index is 1.51. The number of nitrogens with zero attached hydrogens (tertiary/aromatic N) is 3. The molecule has 38 heavy (non-hydrogen) atoms. The highest BCUT2D eigenvalue weighted by atomic mass is 32.1. The first-order chi connectivity index (χ1) is 18.3. The standard InChI is InChI=1S/C30H36N4O3S/c1-21-7-8-22-19-27(33-12-14-37-15-13-33)26(18-25(22)20-34(21)11-9-30(2,3)36)32-28(35)23-5-4-6-24(17-23)29-31-10-16-38-29/h4-6,8,10,16-21,36H,7,9,11-15H2,1-3H3,(H,32,35). The zero-order valence-electron chi connectivity index (χ0n) is 22.3. The van der Waals surface area contributed by atoms with Crippen LogP contribution in [0.5, 0.6) is 0 Å². The molecular formula is C30H36N4O3S. The minimum absolute atomic E-state index is 0.150. The predicted molar refractivity (Wildman–Crippen MR) is 155 cm³/mol. The number of hydrogen-bond donors (Lipinski definition) is 2. The molecule has 1 saturated heterocycles. The molecule has 2 N–H and O–H groups in total. The predicted octanol–water partition coefficient (Wildman–Crippen LogP) is 3.67. The number of carbonyl (C=O) groups excluding carboxylic acids is 1. The molecule has 3 heterocycles. The van der Waals surface area contributed by atoms with Crippen molar-refractivity contribution in [1.82, 2.24) is 9.88 Å². The molecule has 5 rings (SSSR count). The summed E-state index contributed by atoms with van der Waals surface area (Å²) in [6.07, 6.45) is 7.82. The lowest BCUT2D eigenvalue weighted by Gasteiger charge is -2.31. The van der Waals surface area contributed by atoms with Gasteiger partial charge in [-0.15, -0.1) is 11.3 Å². The van der Waals surface area contributed by atoms with Crippen LogP contribution in [0.3, 0.4) is 0 Å². The quantitative estimate of drug-likeness (QED) is 0.484. The van der Waals surface area contributed by atoms with E-state index in [0.29, 0.717) is 31.2 Å². The summed E-state index contributed by atoms with van der Waals surface area (Å²) >= 11 is 1.56. The van der Waals surface area contributed by atoms with Crippen molar-refractivity contribution >= 4 is 40.9 Å². The fraction of sp³-hybridized carbons (Fsp3) is 0.400. The van der Waals surface area contributed by atoms with E-state index in [1.807, 2.05) is 43.5 Å². The smallest absolute Gasteiger partial charge is 0.255 e. The SMILES string of the molecule is CC1CC=c2cc(N3CCOCC3)c(NC(=O)c3cccc(-c4nccs4)c3)cc2=CN1CCC(C)(C)O. The number of ether oxygens (including phenoxy) is 1. The van der Waals surface area contributed by atoms with E-state index in [1.54, 1.807) is 17.5 Å². The summed E-state index contributed by atoms with van der Waals surface area (Å²) < 4.78 is 5.60. The van der Waals surface area contributed by atoms with Crippen molar-refractivity contribution in [2.45, 2.75) is 45.3 Å². The Hall–Kier alpha value is -3.20. The second-order valence-electron chi connectivity index (χ2n) is 10.7. The first-order valence-electron chi connectivity index (χ1n) is 13.2. The van der Waals surface area contributed by atoms with Crippen LogP contribution in [-0.4, -0.2) is 65.4 Å². The first-order valence-corrected chi connectivity index (χ1v) is 14.1. The zero-order valence-corrected chi connectivity index (χ0v) is 23.1. The van der Waals surface area contributed by atoms with Crippen molar-refractivity contribution in [3.8, 4) is 10.6 Å². The van der Waals surface area contributed by atoms with Crippen LogP contribution >= 0.6 is 11.3 Å². The fourth-order valence-corrected chi connectivity index (χ4v) is 5.49. The molecule has 7 nitrogen and oxygen atoms in total. The second-order valence-corrected chi connectivity index (χ2v) is 11.6. The minimum Gasteiger partial charge on any atom is -0.390 e. The maximum Gasteiger partial charge on any atom is 0.255 e. The molecule has 1 amide bonds. The van der Waals surface area contributed by atoms with Crippen LogP contribution < -0.4 is 20.7 Å². The number of thiazole rings is 1. The van der Waals surface area contributed by atoms with Gasteiger partial charge in [0.1, 0.15) is 5.01 Å². The summed E-state index contributed by atoms with van der Waals surface area (Å²) in [5.41, 5.74) is 2.60. The monoisotopic (exact) mass is 532 g/mol. The number of benzene rings is 2. The lowest BCUT2D eigenvalue weighted by Crippen LogP contribution is -2.39. The van der Waals surface area contributed by atoms with Crippen molar-refractivity contribution in [3.05, 3.63) is 64.0 Å². The Bertz CT molecular complexity index is 1390. The Morgan fingerprint density at radius 2 is 2.03 bits per heavy atom. The van der Waals surface area contributed by atoms with E-state index in [1.165, 1.54) is 0 Å². The van der Waals surface area contributed by atoms with Gasteiger partial charge in [-0.25, -0.2) is 4.98 Å². The third-order valence-electron chi connectivity index (χ3n) is 7.14.